The van der Waals surface area contributed by atoms with Crippen molar-refractivity contribution in [3.05, 3.63) is 54.5 Å². The summed E-state index contributed by atoms with van der Waals surface area (Å²) >= 11 is 0. The molecule has 1 aromatic carbocycles. The van der Waals surface area contributed by atoms with E-state index in [1.807, 2.05) is 32.0 Å². The van der Waals surface area contributed by atoms with Crippen LogP contribution in [0.25, 0.3) is 0 Å². The standard InChI is InChI=1S/C21H28N4O3/c1-16(2)19(20(26)22-15-18-9-6-14-28-18)23-21(27)25-12-10-24(11-13-25)17-7-4-3-5-8-17/h3-9,14,16,19H,10-13,15H2,1-2H3,(H,22,26)(H,23,27). The lowest BCUT2D eigenvalue weighted by Gasteiger charge is -2.37. The van der Waals surface area contributed by atoms with Crippen molar-refractivity contribution < 1.29 is 14.0 Å². The van der Waals surface area contributed by atoms with E-state index in [0.29, 0.717) is 25.4 Å². The Morgan fingerprint density at radius 3 is 2.36 bits per heavy atom. The van der Waals surface area contributed by atoms with Gasteiger partial charge in [-0.25, -0.2) is 4.79 Å². The minimum atomic E-state index is -0.588. The topological polar surface area (TPSA) is 77.8 Å². The predicted molar refractivity (Wildman–Crippen MR) is 108 cm³/mol. The molecule has 2 heterocycles. The fraction of sp³-hybridized carbons (Fsp3) is 0.429. The van der Waals surface area contributed by atoms with Crippen molar-refractivity contribution in [3.63, 3.8) is 0 Å². The highest BCUT2D eigenvalue weighted by atomic mass is 16.3. The van der Waals surface area contributed by atoms with E-state index in [0.717, 1.165) is 13.1 Å². The number of anilines is 1. The van der Waals surface area contributed by atoms with Gasteiger partial charge in [-0.3, -0.25) is 4.79 Å². The third-order valence-electron chi connectivity index (χ3n) is 4.93. The van der Waals surface area contributed by atoms with Crippen LogP contribution in [-0.4, -0.2) is 49.1 Å². The number of rotatable bonds is 6. The second-order valence-electron chi connectivity index (χ2n) is 7.28. The number of nitrogens with one attached hydrogen (secondary N) is 2. The van der Waals surface area contributed by atoms with E-state index >= 15 is 0 Å². The van der Waals surface area contributed by atoms with E-state index in [9.17, 15) is 9.59 Å². The Labute approximate surface area is 165 Å². The van der Waals surface area contributed by atoms with Gasteiger partial charge in [-0.15, -0.1) is 0 Å². The number of piperazine rings is 1. The van der Waals surface area contributed by atoms with E-state index in [1.165, 1.54) is 5.69 Å². The van der Waals surface area contributed by atoms with Crippen molar-refractivity contribution in [2.75, 3.05) is 31.1 Å². The van der Waals surface area contributed by atoms with Crippen LogP contribution in [0.2, 0.25) is 0 Å². The van der Waals surface area contributed by atoms with Crippen LogP contribution in [0.4, 0.5) is 10.5 Å². The van der Waals surface area contributed by atoms with Crippen molar-refractivity contribution >= 4 is 17.6 Å². The minimum absolute atomic E-state index is 0.0221. The van der Waals surface area contributed by atoms with Crippen molar-refractivity contribution in [1.29, 1.82) is 0 Å². The summed E-state index contributed by atoms with van der Waals surface area (Å²) in [5, 5.41) is 5.73. The van der Waals surface area contributed by atoms with Crippen LogP contribution in [0, 0.1) is 5.92 Å². The first kappa shape index (κ1) is 19.8. The van der Waals surface area contributed by atoms with Crippen LogP contribution in [0.5, 0.6) is 0 Å². The molecule has 1 saturated heterocycles. The number of hydrogen-bond acceptors (Lipinski definition) is 4. The van der Waals surface area contributed by atoms with E-state index < -0.39 is 6.04 Å². The van der Waals surface area contributed by atoms with Gasteiger partial charge in [0.05, 0.1) is 12.8 Å². The molecule has 0 radical (unpaired) electrons. The molecule has 3 rings (SSSR count). The molecule has 7 heteroatoms. The lowest BCUT2D eigenvalue weighted by atomic mass is 10.0. The maximum absolute atomic E-state index is 12.7. The lowest BCUT2D eigenvalue weighted by molar-refractivity contribution is -0.124. The molecule has 2 N–H and O–H groups in total. The lowest BCUT2D eigenvalue weighted by Crippen LogP contribution is -2.57. The number of furan rings is 1. The Morgan fingerprint density at radius 2 is 1.75 bits per heavy atom. The van der Waals surface area contributed by atoms with Gasteiger partial charge in [0.1, 0.15) is 11.8 Å². The monoisotopic (exact) mass is 384 g/mol. The van der Waals surface area contributed by atoms with E-state index in [1.54, 1.807) is 23.3 Å². The molecular formula is C21H28N4O3. The summed E-state index contributed by atoms with van der Waals surface area (Å²) in [5.74, 6) is 0.452. The van der Waals surface area contributed by atoms with Crippen LogP contribution in [0.1, 0.15) is 19.6 Å². The van der Waals surface area contributed by atoms with Crippen LogP contribution in [-0.2, 0) is 11.3 Å². The highest BCUT2D eigenvalue weighted by Gasteiger charge is 2.28. The highest BCUT2D eigenvalue weighted by Crippen LogP contribution is 2.15. The fourth-order valence-electron chi connectivity index (χ4n) is 3.26. The second-order valence-corrected chi connectivity index (χ2v) is 7.28. The third-order valence-corrected chi connectivity index (χ3v) is 4.93. The number of amides is 3. The molecule has 1 aromatic heterocycles. The SMILES string of the molecule is CC(C)C(NC(=O)N1CCN(c2ccccc2)CC1)C(=O)NCc1ccco1. The van der Waals surface area contributed by atoms with Crippen molar-refractivity contribution in [1.82, 2.24) is 15.5 Å². The summed E-state index contributed by atoms with van der Waals surface area (Å²) in [7, 11) is 0. The van der Waals surface area contributed by atoms with Gasteiger partial charge < -0.3 is 24.9 Å². The van der Waals surface area contributed by atoms with Gasteiger partial charge in [-0.05, 0) is 30.2 Å². The van der Waals surface area contributed by atoms with Gasteiger partial charge in [-0.2, -0.15) is 0 Å². The number of benzene rings is 1. The van der Waals surface area contributed by atoms with Crippen molar-refractivity contribution in [2.24, 2.45) is 5.92 Å². The summed E-state index contributed by atoms with van der Waals surface area (Å²) in [4.78, 5) is 29.3. The van der Waals surface area contributed by atoms with Gasteiger partial charge in [0.2, 0.25) is 5.91 Å². The summed E-state index contributed by atoms with van der Waals surface area (Å²) < 4.78 is 5.23. The van der Waals surface area contributed by atoms with Crippen LogP contribution in [0.15, 0.2) is 53.1 Å². The molecule has 150 valence electrons. The molecule has 0 spiro atoms. The van der Waals surface area contributed by atoms with E-state index in [-0.39, 0.29) is 17.9 Å². The van der Waals surface area contributed by atoms with Gasteiger partial charge in [-0.1, -0.05) is 32.0 Å². The molecular weight excluding hydrogens is 356 g/mol. The maximum Gasteiger partial charge on any atom is 0.318 e. The molecule has 2 aromatic rings. The van der Waals surface area contributed by atoms with E-state index in [4.69, 9.17) is 4.42 Å². The third kappa shape index (κ3) is 5.06. The molecule has 0 aliphatic carbocycles. The average Bonchev–Trinajstić information content (AvgIpc) is 3.24. The molecule has 1 atom stereocenters. The van der Waals surface area contributed by atoms with Crippen LogP contribution < -0.4 is 15.5 Å². The zero-order valence-corrected chi connectivity index (χ0v) is 16.4. The first-order chi connectivity index (χ1) is 13.5. The molecule has 1 fully saturated rings. The molecule has 7 nitrogen and oxygen atoms in total. The Kier molecular flexibility index (Phi) is 6.57. The number of carbonyl (C=O) groups excluding carboxylic acids is 2. The summed E-state index contributed by atoms with van der Waals surface area (Å²) in [5.41, 5.74) is 1.17. The molecule has 28 heavy (non-hydrogen) atoms. The Morgan fingerprint density at radius 1 is 1.04 bits per heavy atom. The first-order valence-corrected chi connectivity index (χ1v) is 9.70. The Bertz CT molecular complexity index is 753. The summed E-state index contributed by atoms with van der Waals surface area (Å²) in [6, 6.07) is 13.0. The zero-order valence-electron chi connectivity index (χ0n) is 16.4. The van der Waals surface area contributed by atoms with Crippen molar-refractivity contribution in [2.45, 2.75) is 26.4 Å². The average molecular weight is 384 g/mol. The fourth-order valence-corrected chi connectivity index (χ4v) is 3.26. The number of hydrogen-bond donors (Lipinski definition) is 2. The quantitative estimate of drug-likeness (QED) is 0.802. The molecule has 1 aliphatic heterocycles. The molecule has 1 unspecified atom stereocenters. The van der Waals surface area contributed by atoms with Gasteiger partial charge in [0.15, 0.2) is 0 Å². The first-order valence-electron chi connectivity index (χ1n) is 9.70. The molecule has 0 bridgehead atoms. The maximum atomic E-state index is 12.7. The van der Waals surface area contributed by atoms with Crippen LogP contribution in [0.3, 0.4) is 0 Å². The van der Waals surface area contributed by atoms with Gasteiger partial charge in [0, 0.05) is 31.9 Å². The number of nitrogens with zero attached hydrogens (tertiary/aromatic N) is 2. The summed E-state index contributed by atoms with van der Waals surface area (Å²) in [6.45, 7) is 6.94. The Balaban J connectivity index is 1.50. The summed E-state index contributed by atoms with van der Waals surface area (Å²) in [6.07, 6.45) is 1.57. The Hall–Kier alpha value is -2.96. The smallest absolute Gasteiger partial charge is 0.318 e. The molecule has 3 amide bonds. The predicted octanol–water partition coefficient (Wildman–Crippen LogP) is 2.45. The normalized spacial score (nSPS) is 15.4. The van der Waals surface area contributed by atoms with Gasteiger partial charge in [0.25, 0.3) is 0 Å². The zero-order chi connectivity index (χ0) is 19.9. The molecule has 1 aliphatic rings. The largest absolute Gasteiger partial charge is 0.467 e. The minimum Gasteiger partial charge on any atom is -0.467 e. The van der Waals surface area contributed by atoms with E-state index in [2.05, 4.69) is 27.7 Å². The number of carbonyl (C=O) groups is 2. The highest BCUT2D eigenvalue weighted by molar-refractivity contribution is 5.87. The van der Waals surface area contributed by atoms with Crippen LogP contribution >= 0.6 is 0 Å². The van der Waals surface area contributed by atoms with Crippen molar-refractivity contribution in [3.8, 4) is 0 Å². The van der Waals surface area contributed by atoms with Gasteiger partial charge >= 0.3 is 6.03 Å². The molecule has 0 saturated carbocycles. The number of para-hydroxylation sites is 1. The second kappa shape index (κ2) is 9.30. The number of urea groups is 1.